The van der Waals surface area contributed by atoms with Crippen molar-refractivity contribution >= 4 is 101 Å². The predicted octanol–water partition coefficient (Wildman–Crippen LogP) is 21.4. The molecule has 2 aromatic rings. The number of unbranched alkanes of at least 4 members (excludes halogenated alkanes) is 27. The van der Waals surface area contributed by atoms with Crippen molar-refractivity contribution in [3.63, 3.8) is 0 Å². The first-order valence-corrected chi connectivity index (χ1v) is 36.8. The molecule has 2 rings (SSSR count). The fourth-order valence-electron chi connectivity index (χ4n) is 9.57. The van der Waals surface area contributed by atoms with Crippen LogP contribution in [0.4, 0.5) is 0 Å². The Morgan fingerprint density at radius 1 is 0.347 bits per heavy atom. The van der Waals surface area contributed by atoms with Crippen LogP contribution in [0.25, 0.3) is 0 Å². The van der Waals surface area contributed by atoms with Crippen molar-refractivity contribution in [2.24, 2.45) is 0 Å². The van der Waals surface area contributed by atoms with Gasteiger partial charge in [-0.2, -0.15) is 0 Å². The minimum absolute atomic E-state index is 0. The summed E-state index contributed by atoms with van der Waals surface area (Å²) < 4.78 is 3.19. The number of aryl methyl sites for hydroxylation is 2. The summed E-state index contributed by atoms with van der Waals surface area (Å²) in [4.78, 5) is 0. The van der Waals surface area contributed by atoms with Crippen molar-refractivity contribution in [2.75, 3.05) is 0 Å². The summed E-state index contributed by atoms with van der Waals surface area (Å²) in [6.45, 7) is 22.8. The monoisotopic (exact) mass is 1140 g/mol. The van der Waals surface area contributed by atoms with E-state index in [1.165, 1.54) is 250 Å². The van der Waals surface area contributed by atoms with Crippen molar-refractivity contribution in [1.29, 1.82) is 0 Å². The normalized spacial score (nSPS) is 10.3. The number of benzene rings is 2. The van der Waals surface area contributed by atoms with E-state index < -0.39 is 0 Å². The Bertz CT molecular complexity index is 1200. The quantitative estimate of drug-likeness (QED) is 0.0491. The summed E-state index contributed by atoms with van der Waals surface area (Å²) in [5.41, 5.74) is 4.88. The fraction of sp³-hybridized carbons (Fsp3) is 0.818. The molecule has 408 valence electrons. The zero-order chi connectivity index (χ0) is 53.1. The molecule has 0 aliphatic carbocycles. The van der Waals surface area contributed by atoms with Gasteiger partial charge in [-0.05, 0) is 62.5 Å². The summed E-state index contributed by atoms with van der Waals surface area (Å²) in [7, 11) is 0. The van der Waals surface area contributed by atoms with Crippen LogP contribution in [0.1, 0.15) is 310 Å². The van der Waals surface area contributed by atoms with Crippen molar-refractivity contribution in [2.45, 2.75) is 343 Å². The van der Waals surface area contributed by atoms with Crippen molar-refractivity contribution in [1.82, 2.24) is 0 Å². The predicted molar refractivity (Wildman–Crippen MR) is 332 cm³/mol. The Kier molecular flexibility index (Phi) is 76.2. The third-order valence-electron chi connectivity index (χ3n) is 14.8. The van der Waals surface area contributed by atoms with Crippen molar-refractivity contribution in [3.8, 4) is 11.5 Å². The molecule has 0 radical (unpaired) electrons. The first-order chi connectivity index (χ1) is 34.8. The summed E-state index contributed by atoms with van der Waals surface area (Å²) >= 11 is 2.43. The molecule has 0 unspecified atom stereocenters. The van der Waals surface area contributed by atoms with E-state index in [9.17, 15) is 10.2 Å². The molecule has 0 heterocycles. The SMILES string of the molecule is CCCCCCCCCc1cccc([O-])c1CCCCCCCCC.CCCCCCCCCc1cccc([O-])c1CCCCCCCCC.CCC[CH2][Mg][CH2]CCC.C[CH2][Al]([CH2]C)[CH2]C.[Ba+2].[Li][CH2]CCC. The zero-order valence-electron chi connectivity index (χ0n) is 51.4. The van der Waals surface area contributed by atoms with E-state index in [1.807, 2.05) is 12.1 Å². The van der Waals surface area contributed by atoms with Crippen LogP contribution in [0.2, 0.25) is 30.0 Å². The third-order valence-corrected chi connectivity index (χ3v) is 20.2. The molecular formula is C66H124AlBaLiMgO2. The first-order valence-electron chi connectivity index (χ1n) is 32.3. The van der Waals surface area contributed by atoms with Crippen LogP contribution < -0.4 is 10.2 Å². The Morgan fingerprint density at radius 3 is 0.847 bits per heavy atom. The topological polar surface area (TPSA) is 46.1 Å². The van der Waals surface area contributed by atoms with Crippen LogP contribution in [-0.4, -0.2) is 101 Å². The molecule has 72 heavy (non-hydrogen) atoms. The van der Waals surface area contributed by atoms with Gasteiger partial charge in [0.2, 0.25) is 0 Å². The van der Waals surface area contributed by atoms with Crippen LogP contribution in [0.5, 0.6) is 11.5 Å². The number of hydrogen-bond acceptors (Lipinski definition) is 2. The third kappa shape index (κ3) is 56.2. The molecule has 0 N–H and O–H groups in total. The molecule has 2 nitrogen and oxygen atoms in total. The standard InChI is InChI=1S/2C24H42O.3C4H9.3C2H5.Al.Ba.Li.Mg/c2*1-3-5-7-9-11-13-15-18-22-19-17-21-24(25)23(22)20-16-14-12-10-8-6-4-2;3*1-3-4-2;3*1-2;;;;/h2*17,19,21,25H,3-16,18,20H2,1-2H3;3*1,3-4H2,2H3;3*1H2,2H3;;;;/q;;;;;;;;;+2;;/p-2. The van der Waals surface area contributed by atoms with Gasteiger partial charge in [0.05, 0.1) is 0 Å². The second-order valence-electron chi connectivity index (χ2n) is 21.5. The molecule has 0 saturated heterocycles. The van der Waals surface area contributed by atoms with Gasteiger partial charge in [-0.15, -0.1) is 20.6 Å². The van der Waals surface area contributed by atoms with Gasteiger partial charge >= 0.3 is 112 Å². The van der Waals surface area contributed by atoms with E-state index in [2.05, 4.69) is 99.1 Å². The summed E-state index contributed by atoms with van der Waals surface area (Å²) in [5, 5.41) is 30.3. The molecule has 2 aromatic carbocycles. The summed E-state index contributed by atoms with van der Waals surface area (Å²) in [6.07, 6.45) is 49.8. The van der Waals surface area contributed by atoms with Gasteiger partial charge in [0.15, 0.2) is 0 Å². The molecule has 6 heteroatoms. The van der Waals surface area contributed by atoms with Crippen LogP contribution in [-0.2, 0) is 25.7 Å². The number of rotatable bonds is 43. The minimum atomic E-state index is -0.171. The molecular weight excluding hydrogens is 1020 g/mol. The Labute approximate surface area is 518 Å². The summed E-state index contributed by atoms with van der Waals surface area (Å²) in [6, 6.07) is 11.8. The number of hydrogen-bond donors (Lipinski definition) is 0. The van der Waals surface area contributed by atoms with Gasteiger partial charge in [0.1, 0.15) is 0 Å². The second-order valence-corrected chi connectivity index (χ2v) is 27.8. The molecule has 0 amide bonds. The van der Waals surface area contributed by atoms with Crippen LogP contribution >= 0.6 is 0 Å². The summed E-state index contributed by atoms with van der Waals surface area (Å²) in [5.74, 6) is 0.540. The van der Waals surface area contributed by atoms with Crippen LogP contribution in [0.3, 0.4) is 0 Å². The molecule has 0 spiro atoms. The van der Waals surface area contributed by atoms with Gasteiger partial charge in [-0.1, -0.05) is 305 Å². The van der Waals surface area contributed by atoms with Gasteiger partial charge in [0, 0.05) is 0 Å². The Balaban J connectivity index is -0.000000457. The molecule has 0 bridgehead atoms. The Hall–Kier alpha value is 1.51. The second kappa shape index (κ2) is 68.6. The van der Waals surface area contributed by atoms with E-state index in [-0.39, 0.29) is 74.5 Å². The van der Waals surface area contributed by atoms with E-state index in [4.69, 9.17) is 0 Å². The van der Waals surface area contributed by atoms with E-state index in [0.717, 1.165) is 36.8 Å². The molecule has 0 saturated carbocycles. The molecule has 0 aromatic heterocycles. The maximum absolute atomic E-state index is 12.3. The van der Waals surface area contributed by atoms with E-state index in [1.54, 1.807) is 21.2 Å². The van der Waals surface area contributed by atoms with Gasteiger partial charge < -0.3 is 10.2 Å². The van der Waals surface area contributed by atoms with Crippen molar-refractivity contribution < 1.29 is 10.2 Å². The first kappa shape index (κ1) is 80.0. The average Bonchev–Trinajstić information content (AvgIpc) is 3.38. The molecule has 0 atom stereocenters. The van der Waals surface area contributed by atoms with Gasteiger partial charge in [0.25, 0.3) is 14.1 Å². The zero-order valence-corrected chi connectivity index (χ0v) is 58.4. The maximum atomic E-state index is 12.3. The molecule has 0 aliphatic heterocycles. The molecule has 0 aliphatic rings. The van der Waals surface area contributed by atoms with Crippen LogP contribution in [0, 0.1) is 0 Å². The van der Waals surface area contributed by atoms with Gasteiger partial charge in [-0.25, -0.2) is 0 Å². The van der Waals surface area contributed by atoms with E-state index >= 15 is 0 Å². The Morgan fingerprint density at radius 2 is 0.611 bits per heavy atom. The van der Waals surface area contributed by atoms with Crippen LogP contribution in [0.15, 0.2) is 36.4 Å². The fourth-order valence-corrected chi connectivity index (χ4v) is 13.4. The van der Waals surface area contributed by atoms with Gasteiger partial charge in [-0.3, -0.25) is 0 Å². The van der Waals surface area contributed by atoms with Crippen molar-refractivity contribution in [3.05, 3.63) is 58.7 Å². The van der Waals surface area contributed by atoms with E-state index in [0.29, 0.717) is 20.4 Å². The molecule has 0 fully saturated rings. The average molecular weight is 1150 g/mol.